The molecule has 0 bridgehead atoms. The van der Waals surface area contributed by atoms with Gasteiger partial charge in [0.1, 0.15) is 0 Å². The Morgan fingerprint density at radius 1 is 1.00 bits per heavy atom. The number of aromatic nitrogens is 1. The third-order valence-corrected chi connectivity index (χ3v) is 3.21. The standard InChI is InChI=1S/C17H23N3/c1-3-18-12-15-7-9-16(10-8-15)13-20(2)14-17-6-4-5-11-19-17/h4-11,18H,3,12-14H2,1-2H3. The highest BCUT2D eigenvalue weighted by atomic mass is 15.1. The highest BCUT2D eigenvalue weighted by molar-refractivity contribution is 5.22. The summed E-state index contributed by atoms with van der Waals surface area (Å²) in [7, 11) is 2.13. The second-order valence-corrected chi connectivity index (χ2v) is 5.09. The maximum atomic E-state index is 4.36. The Morgan fingerprint density at radius 3 is 2.40 bits per heavy atom. The largest absolute Gasteiger partial charge is 0.313 e. The molecule has 3 heteroatoms. The Labute approximate surface area is 121 Å². The second kappa shape index (κ2) is 7.78. The molecule has 0 unspecified atom stereocenters. The first-order chi connectivity index (χ1) is 9.78. The summed E-state index contributed by atoms with van der Waals surface area (Å²) in [6.07, 6.45) is 1.85. The number of pyridine rings is 1. The van der Waals surface area contributed by atoms with E-state index in [9.17, 15) is 0 Å². The van der Waals surface area contributed by atoms with Gasteiger partial charge in [0.15, 0.2) is 0 Å². The normalized spacial score (nSPS) is 10.9. The van der Waals surface area contributed by atoms with Gasteiger partial charge in [0.2, 0.25) is 0 Å². The molecule has 20 heavy (non-hydrogen) atoms. The van der Waals surface area contributed by atoms with Gasteiger partial charge in [-0.25, -0.2) is 0 Å². The summed E-state index contributed by atoms with van der Waals surface area (Å²) in [5, 5.41) is 3.34. The van der Waals surface area contributed by atoms with Gasteiger partial charge in [-0.2, -0.15) is 0 Å². The Bertz CT molecular complexity index is 493. The molecular weight excluding hydrogens is 246 g/mol. The molecule has 0 radical (unpaired) electrons. The molecule has 3 nitrogen and oxygen atoms in total. The fourth-order valence-corrected chi connectivity index (χ4v) is 2.17. The van der Waals surface area contributed by atoms with E-state index in [2.05, 4.69) is 59.5 Å². The molecule has 0 saturated heterocycles. The maximum Gasteiger partial charge on any atom is 0.0543 e. The van der Waals surface area contributed by atoms with Crippen molar-refractivity contribution in [3.8, 4) is 0 Å². The molecule has 0 aliphatic rings. The molecule has 0 atom stereocenters. The minimum absolute atomic E-state index is 0.875. The summed E-state index contributed by atoms with van der Waals surface area (Å²) < 4.78 is 0. The Morgan fingerprint density at radius 2 is 1.75 bits per heavy atom. The summed E-state index contributed by atoms with van der Waals surface area (Å²) in [6.45, 7) is 5.90. The van der Waals surface area contributed by atoms with Crippen molar-refractivity contribution in [2.24, 2.45) is 0 Å². The van der Waals surface area contributed by atoms with Crippen LogP contribution in [0.5, 0.6) is 0 Å². The predicted molar refractivity (Wildman–Crippen MR) is 83.2 cm³/mol. The van der Waals surface area contributed by atoms with Crippen LogP contribution in [0.2, 0.25) is 0 Å². The lowest BCUT2D eigenvalue weighted by Gasteiger charge is -2.16. The average molecular weight is 269 g/mol. The Hall–Kier alpha value is -1.71. The van der Waals surface area contributed by atoms with Gasteiger partial charge >= 0.3 is 0 Å². The molecule has 106 valence electrons. The van der Waals surface area contributed by atoms with Crippen molar-refractivity contribution in [2.75, 3.05) is 13.6 Å². The highest BCUT2D eigenvalue weighted by Crippen LogP contribution is 2.08. The van der Waals surface area contributed by atoms with Crippen LogP contribution in [-0.4, -0.2) is 23.5 Å². The molecular formula is C17H23N3. The average Bonchev–Trinajstić information content (AvgIpc) is 2.47. The van der Waals surface area contributed by atoms with Crippen LogP contribution in [0.1, 0.15) is 23.7 Å². The van der Waals surface area contributed by atoms with Crippen molar-refractivity contribution >= 4 is 0 Å². The second-order valence-electron chi connectivity index (χ2n) is 5.09. The number of rotatable bonds is 7. The van der Waals surface area contributed by atoms with Gasteiger partial charge in [0, 0.05) is 25.8 Å². The van der Waals surface area contributed by atoms with Gasteiger partial charge in [0.05, 0.1) is 5.69 Å². The highest BCUT2D eigenvalue weighted by Gasteiger charge is 2.02. The lowest BCUT2D eigenvalue weighted by atomic mass is 10.1. The molecule has 1 heterocycles. The number of benzene rings is 1. The molecule has 0 fully saturated rings. The SMILES string of the molecule is CCNCc1ccc(CN(C)Cc2ccccn2)cc1. The van der Waals surface area contributed by atoms with Gasteiger partial charge in [-0.3, -0.25) is 9.88 Å². The van der Waals surface area contributed by atoms with E-state index in [-0.39, 0.29) is 0 Å². The van der Waals surface area contributed by atoms with Crippen molar-refractivity contribution in [1.29, 1.82) is 0 Å². The van der Waals surface area contributed by atoms with Gasteiger partial charge in [-0.15, -0.1) is 0 Å². The van der Waals surface area contributed by atoms with Gasteiger partial charge in [-0.05, 0) is 36.9 Å². The molecule has 1 aromatic carbocycles. The number of hydrogen-bond acceptors (Lipinski definition) is 3. The third kappa shape index (κ3) is 4.76. The van der Waals surface area contributed by atoms with Crippen LogP contribution in [0.15, 0.2) is 48.7 Å². The van der Waals surface area contributed by atoms with Crippen LogP contribution < -0.4 is 5.32 Å². The Balaban J connectivity index is 1.86. The van der Waals surface area contributed by atoms with E-state index in [0.29, 0.717) is 0 Å². The summed E-state index contributed by atoms with van der Waals surface area (Å²) in [5.41, 5.74) is 3.78. The first-order valence-corrected chi connectivity index (χ1v) is 7.15. The van der Waals surface area contributed by atoms with Crippen molar-refractivity contribution in [1.82, 2.24) is 15.2 Å². The van der Waals surface area contributed by atoms with E-state index in [1.54, 1.807) is 0 Å². The van der Waals surface area contributed by atoms with E-state index in [4.69, 9.17) is 0 Å². The molecule has 0 saturated carbocycles. The maximum absolute atomic E-state index is 4.36. The van der Waals surface area contributed by atoms with Gasteiger partial charge in [0.25, 0.3) is 0 Å². The monoisotopic (exact) mass is 269 g/mol. The number of hydrogen-bond donors (Lipinski definition) is 1. The molecule has 0 aliphatic carbocycles. The van der Waals surface area contributed by atoms with Crippen LogP contribution in [-0.2, 0) is 19.6 Å². The van der Waals surface area contributed by atoms with E-state index < -0.39 is 0 Å². The zero-order valence-electron chi connectivity index (χ0n) is 12.3. The quantitative estimate of drug-likeness (QED) is 0.838. The minimum atomic E-state index is 0.875. The summed E-state index contributed by atoms with van der Waals surface area (Å²) in [6, 6.07) is 14.9. The van der Waals surface area contributed by atoms with Crippen LogP contribution in [0, 0.1) is 0 Å². The number of nitrogens with zero attached hydrogens (tertiary/aromatic N) is 2. The van der Waals surface area contributed by atoms with Crippen LogP contribution in [0.4, 0.5) is 0 Å². The predicted octanol–water partition coefficient (Wildman–Crippen LogP) is 2.82. The zero-order chi connectivity index (χ0) is 14.2. The van der Waals surface area contributed by atoms with Gasteiger partial charge in [-0.1, -0.05) is 37.3 Å². The van der Waals surface area contributed by atoms with Crippen LogP contribution >= 0.6 is 0 Å². The Kier molecular flexibility index (Phi) is 5.71. The summed E-state index contributed by atoms with van der Waals surface area (Å²) in [4.78, 5) is 6.64. The number of nitrogens with one attached hydrogen (secondary N) is 1. The lowest BCUT2D eigenvalue weighted by molar-refractivity contribution is 0.315. The molecule has 0 amide bonds. The topological polar surface area (TPSA) is 28.2 Å². The zero-order valence-corrected chi connectivity index (χ0v) is 12.3. The van der Waals surface area contributed by atoms with E-state index in [0.717, 1.165) is 31.9 Å². The van der Waals surface area contributed by atoms with Gasteiger partial charge < -0.3 is 5.32 Å². The van der Waals surface area contributed by atoms with Crippen LogP contribution in [0.25, 0.3) is 0 Å². The molecule has 0 aliphatic heterocycles. The van der Waals surface area contributed by atoms with E-state index in [1.165, 1.54) is 11.1 Å². The lowest BCUT2D eigenvalue weighted by Crippen LogP contribution is -2.18. The fourth-order valence-electron chi connectivity index (χ4n) is 2.17. The smallest absolute Gasteiger partial charge is 0.0543 e. The summed E-state index contributed by atoms with van der Waals surface area (Å²) >= 11 is 0. The fraction of sp³-hybridized carbons (Fsp3) is 0.353. The minimum Gasteiger partial charge on any atom is -0.313 e. The van der Waals surface area contributed by atoms with Crippen molar-refractivity contribution in [3.63, 3.8) is 0 Å². The van der Waals surface area contributed by atoms with Crippen molar-refractivity contribution in [2.45, 2.75) is 26.6 Å². The van der Waals surface area contributed by atoms with Crippen molar-refractivity contribution < 1.29 is 0 Å². The molecule has 0 spiro atoms. The van der Waals surface area contributed by atoms with E-state index in [1.807, 2.05) is 18.3 Å². The molecule has 1 aromatic heterocycles. The molecule has 2 aromatic rings. The van der Waals surface area contributed by atoms with Crippen LogP contribution in [0.3, 0.4) is 0 Å². The van der Waals surface area contributed by atoms with E-state index >= 15 is 0 Å². The molecule has 1 N–H and O–H groups in total. The molecule has 2 rings (SSSR count). The first-order valence-electron chi connectivity index (χ1n) is 7.15. The summed E-state index contributed by atoms with van der Waals surface area (Å²) in [5.74, 6) is 0. The third-order valence-electron chi connectivity index (χ3n) is 3.21. The van der Waals surface area contributed by atoms with Crippen molar-refractivity contribution in [3.05, 3.63) is 65.5 Å². The first kappa shape index (κ1) is 14.7.